The molecule has 34 heavy (non-hydrogen) atoms. The normalized spacial score (nSPS) is 13.8. The molecule has 1 aliphatic heterocycles. The van der Waals surface area contributed by atoms with Crippen molar-refractivity contribution >= 4 is 27.5 Å². The van der Waals surface area contributed by atoms with E-state index >= 15 is 0 Å². The Morgan fingerprint density at radius 2 is 1.68 bits per heavy atom. The van der Waals surface area contributed by atoms with Crippen LogP contribution in [0.5, 0.6) is 11.5 Å². The molecule has 1 heterocycles. The van der Waals surface area contributed by atoms with Gasteiger partial charge in [-0.1, -0.05) is 6.07 Å². The van der Waals surface area contributed by atoms with E-state index in [9.17, 15) is 18.0 Å². The van der Waals surface area contributed by atoms with Crippen LogP contribution in [0, 0.1) is 0 Å². The molecule has 184 valence electrons. The molecule has 0 aliphatic carbocycles. The molecule has 0 radical (unpaired) electrons. The number of hydrogen-bond donors (Lipinski definition) is 1. The Kier molecular flexibility index (Phi) is 8.35. The first-order valence-corrected chi connectivity index (χ1v) is 12.5. The Morgan fingerprint density at radius 1 is 1.03 bits per heavy atom. The van der Waals surface area contributed by atoms with Gasteiger partial charge in [-0.05, 0) is 42.0 Å². The standard InChI is InChI=1S/C23H29N3O7S/c1-31-20-9-4-17(14-21(20)32-2)15-24-22(27)16-26(34(3,29)30)19-7-5-18(6-8-19)23(28)25-10-12-33-13-11-25/h4-9,14H,10-13,15-16H2,1-3H3,(H,24,27). The summed E-state index contributed by atoms with van der Waals surface area (Å²) in [4.78, 5) is 26.9. The van der Waals surface area contributed by atoms with Crippen LogP contribution in [0.3, 0.4) is 0 Å². The largest absolute Gasteiger partial charge is 0.493 e. The van der Waals surface area contributed by atoms with Crippen molar-refractivity contribution in [2.75, 3.05) is 57.6 Å². The zero-order chi connectivity index (χ0) is 24.7. The summed E-state index contributed by atoms with van der Waals surface area (Å²) >= 11 is 0. The van der Waals surface area contributed by atoms with E-state index in [2.05, 4.69) is 5.32 Å². The van der Waals surface area contributed by atoms with Crippen molar-refractivity contribution in [2.45, 2.75) is 6.54 Å². The van der Waals surface area contributed by atoms with Crippen molar-refractivity contribution in [1.29, 1.82) is 0 Å². The van der Waals surface area contributed by atoms with Crippen LogP contribution in [0.4, 0.5) is 5.69 Å². The van der Waals surface area contributed by atoms with Gasteiger partial charge >= 0.3 is 0 Å². The van der Waals surface area contributed by atoms with Crippen molar-refractivity contribution in [2.24, 2.45) is 0 Å². The minimum atomic E-state index is -3.75. The van der Waals surface area contributed by atoms with Gasteiger partial charge in [0.15, 0.2) is 11.5 Å². The van der Waals surface area contributed by atoms with Gasteiger partial charge in [-0.15, -0.1) is 0 Å². The van der Waals surface area contributed by atoms with Gasteiger partial charge in [-0.2, -0.15) is 0 Å². The van der Waals surface area contributed by atoms with Crippen LogP contribution in [0.25, 0.3) is 0 Å². The van der Waals surface area contributed by atoms with Crippen molar-refractivity contribution in [3.05, 3.63) is 53.6 Å². The van der Waals surface area contributed by atoms with Crippen LogP contribution in [0.15, 0.2) is 42.5 Å². The topological polar surface area (TPSA) is 114 Å². The molecule has 2 amide bonds. The predicted molar refractivity (Wildman–Crippen MR) is 127 cm³/mol. The molecule has 1 fully saturated rings. The van der Waals surface area contributed by atoms with Crippen LogP contribution < -0.4 is 19.1 Å². The highest BCUT2D eigenvalue weighted by molar-refractivity contribution is 7.92. The van der Waals surface area contributed by atoms with Crippen molar-refractivity contribution in [3.63, 3.8) is 0 Å². The van der Waals surface area contributed by atoms with Gasteiger partial charge in [-0.25, -0.2) is 8.42 Å². The number of carbonyl (C=O) groups excluding carboxylic acids is 2. The monoisotopic (exact) mass is 491 g/mol. The van der Waals surface area contributed by atoms with Crippen molar-refractivity contribution in [1.82, 2.24) is 10.2 Å². The fourth-order valence-corrected chi connectivity index (χ4v) is 4.35. The molecule has 0 spiro atoms. The van der Waals surface area contributed by atoms with Crippen LogP contribution in [-0.4, -0.2) is 78.5 Å². The van der Waals surface area contributed by atoms with E-state index in [1.165, 1.54) is 26.4 Å². The highest BCUT2D eigenvalue weighted by Gasteiger charge is 2.23. The van der Waals surface area contributed by atoms with E-state index in [-0.39, 0.29) is 12.5 Å². The summed E-state index contributed by atoms with van der Waals surface area (Å²) in [6, 6.07) is 11.4. The molecule has 2 aromatic carbocycles. The van der Waals surface area contributed by atoms with Gasteiger partial charge in [-0.3, -0.25) is 13.9 Å². The second-order valence-electron chi connectivity index (χ2n) is 7.69. The summed E-state index contributed by atoms with van der Waals surface area (Å²) in [7, 11) is -0.695. The highest BCUT2D eigenvalue weighted by atomic mass is 32.2. The summed E-state index contributed by atoms with van der Waals surface area (Å²) in [5.74, 6) is 0.470. The molecule has 0 unspecified atom stereocenters. The van der Waals surface area contributed by atoms with Crippen LogP contribution >= 0.6 is 0 Å². The molecule has 2 aromatic rings. The molecule has 1 aliphatic rings. The fourth-order valence-electron chi connectivity index (χ4n) is 3.50. The zero-order valence-corrected chi connectivity index (χ0v) is 20.3. The number of sulfonamides is 1. The summed E-state index contributed by atoms with van der Waals surface area (Å²) < 4.78 is 41.5. The second-order valence-corrected chi connectivity index (χ2v) is 9.59. The molecule has 0 saturated carbocycles. The Balaban J connectivity index is 1.66. The van der Waals surface area contributed by atoms with Crippen LogP contribution in [-0.2, 0) is 26.1 Å². The minimum Gasteiger partial charge on any atom is -0.493 e. The third-order valence-electron chi connectivity index (χ3n) is 5.33. The SMILES string of the molecule is COc1ccc(CNC(=O)CN(c2ccc(C(=O)N3CCOCC3)cc2)S(C)(=O)=O)cc1OC. The predicted octanol–water partition coefficient (Wildman–Crippen LogP) is 1.26. The number of anilines is 1. The van der Waals surface area contributed by atoms with E-state index in [1.807, 2.05) is 0 Å². The number of hydrogen-bond acceptors (Lipinski definition) is 7. The number of nitrogens with one attached hydrogen (secondary N) is 1. The maximum Gasteiger partial charge on any atom is 0.254 e. The maximum atomic E-state index is 12.6. The number of benzene rings is 2. The first-order valence-electron chi connectivity index (χ1n) is 10.7. The van der Waals surface area contributed by atoms with Gasteiger partial charge in [0.1, 0.15) is 6.54 Å². The molecule has 1 saturated heterocycles. The van der Waals surface area contributed by atoms with Crippen LogP contribution in [0.1, 0.15) is 15.9 Å². The lowest BCUT2D eigenvalue weighted by atomic mass is 10.1. The van der Waals surface area contributed by atoms with Crippen molar-refractivity contribution in [3.8, 4) is 11.5 Å². The smallest absolute Gasteiger partial charge is 0.254 e. The number of methoxy groups -OCH3 is 2. The molecule has 3 rings (SSSR count). The summed E-state index contributed by atoms with van der Waals surface area (Å²) in [5.41, 5.74) is 1.50. The Labute approximate surface area is 199 Å². The van der Waals surface area contributed by atoms with Gasteiger partial charge in [0.2, 0.25) is 15.9 Å². The molecule has 0 aromatic heterocycles. The number of nitrogens with zero attached hydrogens (tertiary/aromatic N) is 2. The Morgan fingerprint density at radius 3 is 2.26 bits per heavy atom. The first kappa shape index (κ1) is 25.3. The van der Waals surface area contributed by atoms with E-state index < -0.39 is 22.5 Å². The lowest BCUT2D eigenvalue weighted by Crippen LogP contribution is -2.41. The lowest BCUT2D eigenvalue weighted by molar-refractivity contribution is -0.119. The average molecular weight is 492 g/mol. The van der Waals surface area contributed by atoms with Gasteiger partial charge in [0, 0.05) is 25.2 Å². The number of carbonyl (C=O) groups is 2. The Hall–Kier alpha value is -3.31. The van der Waals surface area contributed by atoms with Gasteiger partial charge in [0.05, 0.1) is 39.4 Å². The molecule has 0 atom stereocenters. The molecule has 10 nitrogen and oxygen atoms in total. The number of amides is 2. The third-order valence-corrected chi connectivity index (χ3v) is 6.47. The number of rotatable bonds is 9. The molecular formula is C23H29N3O7S. The highest BCUT2D eigenvalue weighted by Crippen LogP contribution is 2.27. The molecule has 11 heteroatoms. The summed E-state index contributed by atoms with van der Waals surface area (Å²) in [6.07, 6.45) is 1.03. The Bertz CT molecular complexity index is 1110. The quantitative estimate of drug-likeness (QED) is 0.562. The number of ether oxygens (including phenoxy) is 3. The summed E-state index contributed by atoms with van der Waals surface area (Å²) in [5, 5.41) is 2.72. The third kappa shape index (κ3) is 6.39. The average Bonchev–Trinajstić information content (AvgIpc) is 2.85. The summed E-state index contributed by atoms with van der Waals surface area (Å²) in [6.45, 7) is 1.79. The van der Waals surface area contributed by atoms with E-state index in [1.54, 1.807) is 35.2 Å². The fraction of sp³-hybridized carbons (Fsp3) is 0.391. The first-order chi connectivity index (χ1) is 16.2. The van der Waals surface area contributed by atoms with E-state index in [4.69, 9.17) is 14.2 Å². The van der Waals surface area contributed by atoms with Gasteiger partial charge in [0.25, 0.3) is 5.91 Å². The molecular weight excluding hydrogens is 462 g/mol. The maximum absolute atomic E-state index is 12.6. The van der Waals surface area contributed by atoms with Gasteiger partial charge < -0.3 is 24.4 Å². The van der Waals surface area contributed by atoms with E-state index in [0.717, 1.165) is 16.1 Å². The van der Waals surface area contributed by atoms with E-state index in [0.29, 0.717) is 49.1 Å². The second kappa shape index (κ2) is 11.2. The van der Waals surface area contributed by atoms with Crippen LogP contribution in [0.2, 0.25) is 0 Å². The van der Waals surface area contributed by atoms with Crippen molar-refractivity contribution < 1.29 is 32.2 Å². The molecule has 1 N–H and O–H groups in total. The zero-order valence-electron chi connectivity index (χ0n) is 19.4. The minimum absolute atomic E-state index is 0.145. The lowest BCUT2D eigenvalue weighted by Gasteiger charge is -2.27. The molecule has 0 bridgehead atoms. The number of morpholine rings is 1.